The Morgan fingerprint density at radius 1 is 1.25 bits per heavy atom. The predicted molar refractivity (Wildman–Crippen MR) is 95.6 cm³/mol. The van der Waals surface area contributed by atoms with Crippen LogP contribution in [0.2, 0.25) is 0 Å². The molecule has 2 aromatic rings. The number of hydrogen-bond acceptors (Lipinski definition) is 6. The van der Waals surface area contributed by atoms with Gasteiger partial charge in [0.1, 0.15) is 5.82 Å². The first kappa shape index (κ1) is 16.1. The lowest BCUT2D eigenvalue weighted by atomic mass is 9.97. The van der Waals surface area contributed by atoms with Crippen molar-refractivity contribution < 1.29 is 4.74 Å². The van der Waals surface area contributed by atoms with Gasteiger partial charge in [0.25, 0.3) is 0 Å². The van der Waals surface area contributed by atoms with E-state index in [1.54, 1.807) is 0 Å². The van der Waals surface area contributed by atoms with Crippen molar-refractivity contribution >= 4 is 16.5 Å². The zero-order valence-electron chi connectivity index (χ0n) is 14.2. The lowest BCUT2D eigenvalue weighted by Crippen LogP contribution is -2.36. The number of imidazole rings is 1. The molecule has 2 aromatic heterocycles. The monoisotopic (exact) mass is 347 g/mol. The standard InChI is InChI=1S/C17H25N5OS/c1-20-6-4-18-16(20)14-3-2-5-21(12-14)13-15-11-19-17(24-15)22-7-9-23-10-8-22/h4,6,11,14H,2-3,5,7-10,12-13H2,1H3/t14-/m1/s1. The Morgan fingerprint density at radius 2 is 2.12 bits per heavy atom. The van der Waals surface area contributed by atoms with E-state index in [0.717, 1.165) is 44.5 Å². The third-order valence-electron chi connectivity index (χ3n) is 4.93. The van der Waals surface area contributed by atoms with Crippen molar-refractivity contribution in [3.05, 3.63) is 29.3 Å². The van der Waals surface area contributed by atoms with Gasteiger partial charge in [0, 0.05) is 62.6 Å². The van der Waals surface area contributed by atoms with Gasteiger partial charge in [-0.2, -0.15) is 0 Å². The molecule has 4 heterocycles. The number of morpholine rings is 1. The van der Waals surface area contributed by atoms with Crippen LogP contribution in [0.1, 0.15) is 29.5 Å². The third kappa shape index (κ3) is 3.48. The Hall–Kier alpha value is -1.44. The molecule has 0 radical (unpaired) electrons. The Balaban J connectivity index is 1.38. The van der Waals surface area contributed by atoms with E-state index >= 15 is 0 Å². The molecule has 0 amide bonds. The molecule has 0 bridgehead atoms. The van der Waals surface area contributed by atoms with Gasteiger partial charge in [0.2, 0.25) is 0 Å². The highest BCUT2D eigenvalue weighted by molar-refractivity contribution is 7.15. The molecule has 4 rings (SSSR count). The second kappa shape index (κ2) is 7.21. The second-order valence-electron chi connectivity index (χ2n) is 6.68. The molecule has 0 spiro atoms. The van der Waals surface area contributed by atoms with Gasteiger partial charge in [-0.1, -0.05) is 0 Å². The molecule has 2 fully saturated rings. The predicted octanol–water partition coefficient (Wildman–Crippen LogP) is 2.09. The maximum atomic E-state index is 5.43. The molecule has 130 valence electrons. The Labute approximate surface area is 147 Å². The van der Waals surface area contributed by atoms with E-state index in [9.17, 15) is 0 Å². The number of likely N-dealkylation sites (tertiary alicyclic amines) is 1. The summed E-state index contributed by atoms with van der Waals surface area (Å²) in [6.07, 6.45) is 8.49. The second-order valence-corrected chi connectivity index (χ2v) is 7.77. The minimum atomic E-state index is 0.547. The van der Waals surface area contributed by atoms with Gasteiger partial charge in [-0.25, -0.2) is 9.97 Å². The molecule has 2 aliphatic heterocycles. The highest BCUT2D eigenvalue weighted by atomic mass is 32.1. The number of thiazole rings is 1. The lowest BCUT2D eigenvalue weighted by molar-refractivity contribution is 0.122. The maximum absolute atomic E-state index is 5.43. The molecule has 2 saturated heterocycles. The molecule has 0 N–H and O–H groups in total. The highest BCUT2D eigenvalue weighted by Gasteiger charge is 2.24. The normalized spacial score (nSPS) is 22.9. The van der Waals surface area contributed by atoms with Crippen molar-refractivity contribution in [1.29, 1.82) is 0 Å². The fourth-order valence-electron chi connectivity index (χ4n) is 3.67. The van der Waals surface area contributed by atoms with E-state index in [1.807, 2.05) is 23.7 Å². The number of ether oxygens (including phenoxy) is 1. The molecule has 1 atom stereocenters. The Kier molecular flexibility index (Phi) is 4.82. The maximum Gasteiger partial charge on any atom is 0.185 e. The number of piperidine rings is 1. The average molecular weight is 347 g/mol. The minimum absolute atomic E-state index is 0.547. The van der Waals surface area contributed by atoms with E-state index in [4.69, 9.17) is 4.74 Å². The van der Waals surface area contributed by atoms with Crippen molar-refractivity contribution in [2.24, 2.45) is 7.05 Å². The summed E-state index contributed by atoms with van der Waals surface area (Å²) in [5.74, 6) is 1.77. The van der Waals surface area contributed by atoms with Gasteiger partial charge < -0.3 is 14.2 Å². The van der Waals surface area contributed by atoms with E-state index in [0.29, 0.717) is 5.92 Å². The zero-order chi connectivity index (χ0) is 16.4. The van der Waals surface area contributed by atoms with Crippen LogP contribution in [0, 0.1) is 0 Å². The van der Waals surface area contributed by atoms with Crippen LogP contribution in [0.5, 0.6) is 0 Å². The molecule has 0 aromatic carbocycles. The van der Waals surface area contributed by atoms with Crippen LogP contribution in [-0.4, -0.2) is 58.8 Å². The van der Waals surface area contributed by atoms with Crippen molar-refractivity contribution in [1.82, 2.24) is 19.4 Å². The smallest absolute Gasteiger partial charge is 0.185 e. The first-order chi connectivity index (χ1) is 11.8. The number of anilines is 1. The molecule has 0 saturated carbocycles. The van der Waals surface area contributed by atoms with Gasteiger partial charge >= 0.3 is 0 Å². The summed E-state index contributed by atoms with van der Waals surface area (Å²) in [6, 6.07) is 0. The molecule has 2 aliphatic rings. The highest BCUT2D eigenvalue weighted by Crippen LogP contribution is 2.29. The van der Waals surface area contributed by atoms with Gasteiger partial charge in [0.15, 0.2) is 5.13 Å². The first-order valence-electron chi connectivity index (χ1n) is 8.76. The van der Waals surface area contributed by atoms with Crippen LogP contribution in [-0.2, 0) is 18.3 Å². The van der Waals surface area contributed by atoms with Crippen molar-refractivity contribution in [2.75, 3.05) is 44.3 Å². The molecule has 6 nitrogen and oxygen atoms in total. The molecule has 24 heavy (non-hydrogen) atoms. The van der Waals surface area contributed by atoms with Gasteiger partial charge in [-0.3, -0.25) is 4.90 Å². The van der Waals surface area contributed by atoms with E-state index in [2.05, 4.69) is 37.6 Å². The van der Waals surface area contributed by atoms with E-state index < -0.39 is 0 Å². The van der Waals surface area contributed by atoms with Crippen LogP contribution in [0.4, 0.5) is 5.13 Å². The van der Waals surface area contributed by atoms with E-state index in [1.165, 1.54) is 30.1 Å². The summed E-state index contributed by atoms with van der Waals surface area (Å²) in [5, 5.41) is 1.14. The molecule has 0 aliphatic carbocycles. The van der Waals surface area contributed by atoms with Crippen LogP contribution in [0.25, 0.3) is 0 Å². The van der Waals surface area contributed by atoms with Crippen molar-refractivity contribution in [3.8, 4) is 0 Å². The number of nitrogens with zero attached hydrogens (tertiary/aromatic N) is 5. The SMILES string of the molecule is Cn1ccnc1[C@@H]1CCCN(Cc2cnc(N3CCOCC3)s2)C1. The summed E-state index contributed by atoms with van der Waals surface area (Å²) >= 11 is 1.83. The first-order valence-corrected chi connectivity index (χ1v) is 9.58. The fraction of sp³-hybridized carbons (Fsp3) is 0.647. The van der Waals surface area contributed by atoms with Gasteiger partial charge in [-0.15, -0.1) is 11.3 Å². The molecular formula is C17H25N5OS. The molecule has 0 unspecified atom stereocenters. The number of hydrogen-bond donors (Lipinski definition) is 0. The average Bonchev–Trinajstić information content (AvgIpc) is 3.25. The number of aryl methyl sites for hydroxylation is 1. The topological polar surface area (TPSA) is 46.4 Å². The van der Waals surface area contributed by atoms with Crippen LogP contribution in [0.15, 0.2) is 18.6 Å². The van der Waals surface area contributed by atoms with Gasteiger partial charge in [-0.05, 0) is 19.4 Å². The largest absolute Gasteiger partial charge is 0.378 e. The molecule has 7 heteroatoms. The van der Waals surface area contributed by atoms with Crippen molar-refractivity contribution in [2.45, 2.75) is 25.3 Å². The number of rotatable bonds is 4. The zero-order valence-corrected chi connectivity index (χ0v) is 15.0. The number of aromatic nitrogens is 3. The quantitative estimate of drug-likeness (QED) is 0.847. The molecular weight excluding hydrogens is 322 g/mol. The van der Waals surface area contributed by atoms with Crippen LogP contribution < -0.4 is 4.90 Å². The van der Waals surface area contributed by atoms with Gasteiger partial charge in [0.05, 0.1) is 13.2 Å². The van der Waals surface area contributed by atoms with E-state index in [-0.39, 0.29) is 0 Å². The van der Waals surface area contributed by atoms with Crippen molar-refractivity contribution in [3.63, 3.8) is 0 Å². The Morgan fingerprint density at radius 3 is 2.92 bits per heavy atom. The summed E-state index contributed by atoms with van der Waals surface area (Å²) in [4.78, 5) is 15.4. The van der Waals surface area contributed by atoms with Crippen LogP contribution >= 0.6 is 11.3 Å². The lowest BCUT2D eigenvalue weighted by Gasteiger charge is -2.32. The third-order valence-corrected chi connectivity index (χ3v) is 5.97. The minimum Gasteiger partial charge on any atom is -0.378 e. The Bertz CT molecular complexity index is 663. The van der Waals surface area contributed by atoms with Crippen LogP contribution in [0.3, 0.4) is 0 Å². The summed E-state index contributed by atoms with van der Waals surface area (Å²) < 4.78 is 7.59. The summed E-state index contributed by atoms with van der Waals surface area (Å²) in [5.41, 5.74) is 0. The summed E-state index contributed by atoms with van der Waals surface area (Å²) in [6.45, 7) is 6.80. The fourth-order valence-corrected chi connectivity index (χ4v) is 4.68. The summed E-state index contributed by atoms with van der Waals surface area (Å²) in [7, 11) is 2.10.